The summed E-state index contributed by atoms with van der Waals surface area (Å²) in [5, 5.41) is 4.84. The van der Waals surface area contributed by atoms with Gasteiger partial charge < -0.3 is 4.74 Å². The van der Waals surface area contributed by atoms with Crippen LogP contribution >= 0.6 is 11.3 Å². The standard InChI is InChI=1S/C19H20N4O3S/c1-3-26-16(24)8-14-11-27-19(22-14)23-18(25)13-9-20-17(21-10-13)15-7-5-4-6-12(15)2/h4-7,9-12,15H,3,8H2,1-2H3,(H,22,23,25). The molecule has 2 aromatic rings. The van der Waals surface area contributed by atoms with E-state index in [9.17, 15) is 9.59 Å². The molecule has 2 heterocycles. The quantitative estimate of drug-likeness (QED) is 0.769. The molecule has 0 spiro atoms. The third-order valence-electron chi connectivity index (χ3n) is 4.05. The maximum atomic E-state index is 12.4. The summed E-state index contributed by atoms with van der Waals surface area (Å²) in [6.45, 7) is 4.18. The van der Waals surface area contributed by atoms with E-state index in [1.165, 1.54) is 23.7 Å². The van der Waals surface area contributed by atoms with Crippen molar-refractivity contribution in [3.05, 3.63) is 59.2 Å². The Labute approximate surface area is 161 Å². The Kier molecular flexibility index (Phi) is 6.08. The maximum absolute atomic E-state index is 12.4. The van der Waals surface area contributed by atoms with Crippen molar-refractivity contribution in [2.24, 2.45) is 5.92 Å². The number of carbonyl (C=O) groups excluding carboxylic acids is 2. The minimum Gasteiger partial charge on any atom is -0.466 e. The van der Waals surface area contributed by atoms with E-state index in [0.717, 1.165) is 0 Å². The average molecular weight is 384 g/mol. The van der Waals surface area contributed by atoms with Crippen LogP contribution < -0.4 is 5.32 Å². The van der Waals surface area contributed by atoms with Crippen molar-refractivity contribution in [1.29, 1.82) is 0 Å². The molecule has 140 valence electrons. The fourth-order valence-electron chi connectivity index (χ4n) is 2.64. The molecule has 3 rings (SSSR count). The van der Waals surface area contributed by atoms with Crippen molar-refractivity contribution in [3.8, 4) is 0 Å². The number of hydrogen-bond acceptors (Lipinski definition) is 7. The minimum absolute atomic E-state index is 0.0829. The van der Waals surface area contributed by atoms with Gasteiger partial charge in [0.15, 0.2) is 5.13 Å². The molecule has 1 N–H and O–H groups in total. The van der Waals surface area contributed by atoms with Crippen LogP contribution in [0, 0.1) is 5.92 Å². The van der Waals surface area contributed by atoms with Crippen LogP contribution in [0.15, 0.2) is 42.1 Å². The van der Waals surface area contributed by atoms with E-state index in [2.05, 4.69) is 39.3 Å². The lowest BCUT2D eigenvalue weighted by atomic mass is 9.89. The monoisotopic (exact) mass is 384 g/mol. The molecule has 2 atom stereocenters. The number of anilines is 1. The van der Waals surface area contributed by atoms with E-state index < -0.39 is 0 Å². The highest BCUT2D eigenvalue weighted by Gasteiger charge is 2.19. The molecule has 0 saturated carbocycles. The van der Waals surface area contributed by atoms with Gasteiger partial charge in [-0.1, -0.05) is 31.2 Å². The third-order valence-corrected chi connectivity index (χ3v) is 4.85. The lowest BCUT2D eigenvalue weighted by Gasteiger charge is -2.18. The van der Waals surface area contributed by atoms with E-state index in [-0.39, 0.29) is 24.2 Å². The van der Waals surface area contributed by atoms with Crippen LogP contribution in [0.4, 0.5) is 5.13 Å². The first-order valence-corrected chi connectivity index (χ1v) is 9.53. The first-order chi connectivity index (χ1) is 13.1. The molecule has 1 aliphatic carbocycles. The van der Waals surface area contributed by atoms with Crippen LogP contribution in [0.1, 0.15) is 41.6 Å². The SMILES string of the molecule is CCOC(=O)Cc1csc(NC(=O)c2cnc(C3C=CC=CC3C)nc2)n1. The van der Waals surface area contributed by atoms with Gasteiger partial charge in [0.25, 0.3) is 5.91 Å². The van der Waals surface area contributed by atoms with Crippen LogP contribution in [-0.4, -0.2) is 33.4 Å². The van der Waals surface area contributed by atoms with Gasteiger partial charge in [0.1, 0.15) is 5.82 Å². The molecular formula is C19H20N4O3S. The van der Waals surface area contributed by atoms with Crippen LogP contribution in [0.2, 0.25) is 0 Å². The van der Waals surface area contributed by atoms with E-state index in [1.54, 1.807) is 12.3 Å². The van der Waals surface area contributed by atoms with Crippen LogP contribution in [0.25, 0.3) is 0 Å². The van der Waals surface area contributed by atoms with Gasteiger partial charge in [-0.3, -0.25) is 14.9 Å². The molecule has 0 aromatic carbocycles. The summed E-state index contributed by atoms with van der Waals surface area (Å²) in [5.74, 6) is 0.418. The molecule has 2 aromatic heterocycles. The zero-order valence-corrected chi connectivity index (χ0v) is 15.9. The summed E-state index contributed by atoms with van der Waals surface area (Å²) in [6.07, 6.45) is 11.3. The number of aromatic nitrogens is 3. The average Bonchev–Trinajstić information content (AvgIpc) is 3.09. The van der Waals surface area contributed by atoms with Crippen LogP contribution in [0.5, 0.6) is 0 Å². The molecule has 8 heteroatoms. The number of esters is 1. The Morgan fingerprint density at radius 3 is 2.67 bits per heavy atom. The first kappa shape index (κ1) is 18.9. The van der Waals surface area contributed by atoms with E-state index >= 15 is 0 Å². The fourth-order valence-corrected chi connectivity index (χ4v) is 3.35. The van der Waals surface area contributed by atoms with Crippen molar-refractivity contribution in [3.63, 3.8) is 0 Å². The Morgan fingerprint density at radius 2 is 1.96 bits per heavy atom. The molecular weight excluding hydrogens is 364 g/mol. The zero-order valence-electron chi connectivity index (χ0n) is 15.1. The van der Waals surface area contributed by atoms with Crippen molar-refractivity contribution in [2.75, 3.05) is 11.9 Å². The predicted molar refractivity (Wildman–Crippen MR) is 103 cm³/mol. The number of nitrogens with one attached hydrogen (secondary N) is 1. The highest BCUT2D eigenvalue weighted by Crippen LogP contribution is 2.27. The first-order valence-electron chi connectivity index (χ1n) is 8.65. The molecule has 27 heavy (non-hydrogen) atoms. The summed E-state index contributed by atoms with van der Waals surface area (Å²) in [7, 11) is 0. The van der Waals surface area contributed by atoms with Gasteiger partial charge in [0, 0.05) is 23.7 Å². The van der Waals surface area contributed by atoms with Crippen molar-refractivity contribution < 1.29 is 14.3 Å². The Balaban J connectivity index is 1.61. The largest absolute Gasteiger partial charge is 0.466 e. The number of rotatable bonds is 6. The molecule has 0 radical (unpaired) electrons. The van der Waals surface area contributed by atoms with Gasteiger partial charge in [0.05, 0.1) is 24.3 Å². The van der Waals surface area contributed by atoms with Crippen molar-refractivity contribution >= 4 is 28.3 Å². The molecule has 0 saturated heterocycles. The maximum Gasteiger partial charge on any atom is 0.311 e. The Hall–Kier alpha value is -2.87. The molecule has 0 aliphatic heterocycles. The zero-order chi connectivity index (χ0) is 19.2. The van der Waals surface area contributed by atoms with Crippen LogP contribution in [0.3, 0.4) is 0 Å². The highest BCUT2D eigenvalue weighted by molar-refractivity contribution is 7.14. The molecule has 1 amide bonds. The third kappa shape index (κ3) is 4.85. The minimum atomic E-state index is -0.342. The van der Waals surface area contributed by atoms with E-state index in [4.69, 9.17) is 4.74 Å². The summed E-state index contributed by atoms with van der Waals surface area (Å²) in [5.41, 5.74) is 0.912. The van der Waals surface area contributed by atoms with Crippen molar-refractivity contribution in [1.82, 2.24) is 15.0 Å². The molecule has 2 unspecified atom stereocenters. The van der Waals surface area contributed by atoms with E-state index in [1.807, 2.05) is 12.2 Å². The van der Waals surface area contributed by atoms with Gasteiger partial charge in [-0.2, -0.15) is 0 Å². The molecule has 7 nitrogen and oxygen atoms in total. The molecule has 0 fully saturated rings. The number of carbonyl (C=O) groups is 2. The summed E-state index contributed by atoms with van der Waals surface area (Å²) < 4.78 is 4.89. The summed E-state index contributed by atoms with van der Waals surface area (Å²) >= 11 is 1.25. The number of allylic oxidation sites excluding steroid dienone is 4. The van der Waals surface area contributed by atoms with E-state index in [0.29, 0.717) is 34.7 Å². The second kappa shape index (κ2) is 8.68. The number of ether oxygens (including phenoxy) is 1. The highest BCUT2D eigenvalue weighted by atomic mass is 32.1. The molecule has 1 aliphatic rings. The lowest BCUT2D eigenvalue weighted by molar-refractivity contribution is -0.142. The number of nitrogens with zero attached hydrogens (tertiary/aromatic N) is 3. The second-order valence-corrected chi connectivity index (χ2v) is 6.92. The fraction of sp³-hybridized carbons (Fsp3) is 0.316. The van der Waals surface area contributed by atoms with Gasteiger partial charge in [0.2, 0.25) is 0 Å². The lowest BCUT2D eigenvalue weighted by Crippen LogP contribution is -2.15. The van der Waals surface area contributed by atoms with Crippen LogP contribution in [-0.2, 0) is 16.0 Å². The normalized spacial score (nSPS) is 18.3. The van der Waals surface area contributed by atoms with Gasteiger partial charge in [-0.15, -0.1) is 11.3 Å². The predicted octanol–water partition coefficient (Wildman–Crippen LogP) is 3.14. The van der Waals surface area contributed by atoms with Crippen molar-refractivity contribution in [2.45, 2.75) is 26.2 Å². The molecule has 0 bridgehead atoms. The van der Waals surface area contributed by atoms with Gasteiger partial charge in [-0.25, -0.2) is 15.0 Å². The van der Waals surface area contributed by atoms with Gasteiger partial charge in [-0.05, 0) is 12.8 Å². The topological polar surface area (TPSA) is 94.1 Å². The number of hydrogen-bond donors (Lipinski definition) is 1. The smallest absolute Gasteiger partial charge is 0.311 e. The summed E-state index contributed by atoms with van der Waals surface area (Å²) in [4.78, 5) is 36.8. The summed E-state index contributed by atoms with van der Waals surface area (Å²) in [6, 6.07) is 0. The Morgan fingerprint density at radius 1 is 1.22 bits per heavy atom. The van der Waals surface area contributed by atoms with Gasteiger partial charge >= 0.3 is 5.97 Å². The second-order valence-electron chi connectivity index (χ2n) is 6.06. The number of thiazole rings is 1. The number of amides is 1. The Bertz CT molecular complexity index is 873.